The predicted octanol–water partition coefficient (Wildman–Crippen LogP) is 3.59. The van der Waals surface area contributed by atoms with Gasteiger partial charge in [0.05, 0.1) is 19.9 Å². The van der Waals surface area contributed by atoms with Crippen molar-refractivity contribution in [3.63, 3.8) is 0 Å². The number of ether oxygens (including phenoxy) is 3. The molecule has 8 heteroatoms. The molecule has 172 valence electrons. The van der Waals surface area contributed by atoms with E-state index in [-0.39, 0.29) is 5.91 Å². The lowest BCUT2D eigenvalue weighted by Crippen LogP contribution is -2.34. The summed E-state index contributed by atoms with van der Waals surface area (Å²) in [6, 6.07) is 15.1. The first-order valence-corrected chi connectivity index (χ1v) is 10.3. The summed E-state index contributed by atoms with van der Waals surface area (Å²) in [6.07, 6.45) is 3.85. The van der Waals surface area contributed by atoms with Gasteiger partial charge in [-0.3, -0.25) is 4.79 Å². The second-order valence-corrected chi connectivity index (χ2v) is 7.43. The lowest BCUT2D eigenvalue weighted by Gasteiger charge is -2.16. The molecular weight excluding hydrogens is 422 g/mol. The Bertz CT molecular complexity index is 1150. The van der Waals surface area contributed by atoms with Gasteiger partial charge in [0, 0.05) is 37.5 Å². The van der Waals surface area contributed by atoms with E-state index in [0.717, 1.165) is 11.3 Å². The van der Waals surface area contributed by atoms with Crippen LogP contribution < -0.4 is 9.47 Å². The van der Waals surface area contributed by atoms with Crippen LogP contribution in [0, 0.1) is 0 Å². The van der Waals surface area contributed by atoms with Gasteiger partial charge in [0.15, 0.2) is 17.6 Å². The van der Waals surface area contributed by atoms with Gasteiger partial charge in [0.1, 0.15) is 5.69 Å². The number of amides is 1. The maximum Gasteiger partial charge on any atom is 0.331 e. The van der Waals surface area contributed by atoms with E-state index in [9.17, 15) is 9.59 Å². The van der Waals surface area contributed by atoms with E-state index in [1.165, 1.54) is 17.9 Å². The highest BCUT2D eigenvalue weighted by molar-refractivity contribution is 5.91. The number of aromatic nitrogens is 2. The van der Waals surface area contributed by atoms with Gasteiger partial charge in [-0.2, -0.15) is 5.10 Å². The van der Waals surface area contributed by atoms with E-state index >= 15 is 0 Å². The summed E-state index contributed by atoms with van der Waals surface area (Å²) >= 11 is 0. The first-order chi connectivity index (χ1) is 15.8. The van der Waals surface area contributed by atoms with Gasteiger partial charge in [-0.05, 0) is 43.3 Å². The second-order valence-electron chi connectivity index (χ2n) is 7.43. The number of nitrogens with zero attached hydrogens (tertiary/aromatic N) is 3. The Kier molecular flexibility index (Phi) is 7.50. The summed E-state index contributed by atoms with van der Waals surface area (Å²) in [4.78, 5) is 25.6. The molecular formula is C25H27N3O5. The molecule has 0 bridgehead atoms. The summed E-state index contributed by atoms with van der Waals surface area (Å²) in [5.74, 6) is 0.252. The standard InChI is InChI=1S/C25H27N3O5/c1-17(25(30)27(2)3)33-23(29)14-12-19-16-28(20-9-7-6-8-10-20)26-24(19)18-11-13-21(31-4)22(15-18)32-5/h6-17H,1-5H3/b14-12+. The number of hydrogen-bond acceptors (Lipinski definition) is 6. The van der Waals surface area contributed by atoms with Gasteiger partial charge in [0.2, 0.25) is 0 Å². The maximum absolute atomic E-state index is 12.3. The third kappa shape index (κ3) is 5.60. The van der Waals surface area contributed by atoms with Crippen molar-refractivity contribution in [1.29, 1.82) is 0 Å². The lowest BCUT2D eigenvalue weighted by molar-refractivity contribution is -0.153. The Morgan fingerprint density at radius 1 is 1.03 bits per heavy atom. The topological polar surface area (TPSA) is 82.9 Å². The second kappa shape index (κ2) is 10.5. The van der Waals surface area contributed by atoms with Crippen molar-refractivity contribution < 1.29 is 23.8 Å². The molecule has 0 saturated carbocycles. The number of para-hydroxylation sites is 1. The molecule has 1 heterocycles. The number of likely N-dealkylation sites (N-methyl/N-ethyl adjacent to an activating group) is 1. The van der Waals surface area contributed by atoms with Crippen LogP contribution in [0.4, 0.5) is 0 Å². The number of carbonyl (C=O) groups is 2. The van der Waals surface area contributed by atoms with Crippen molar-refractivity contribution in [3.05, 3.63) is 66.4 Å². The monoisotopic (exact) mass is 449 g/mol. The third-order valence-corrected chi connectivity index (χ3v) is 4.90. The lowest BCUT2D eigenvalue weighted by atomic mass is 10.1. The highest BCUT2D eigenvalue weighted by Crippen LogP contribution is 2.33. The van der Waals surface area contributed by atoms with Crippen LogP contribution in [0.3, 0.4) is 0 Å². The maximum atomic E-state index is 12.3. The minimum atomic E-state index is -0.880. The fraction of sp³-hybridized carbons (Fsp3) is 0.240. The fourth-order valence-corrected chi connectivity index (χ4v) is 3.22. The zero-order valence-electron chi connectivity index (χ0n) is 19.3. The minimum absolute atomic E-state index is 0.292. The Hall–Kier alpha value is -4.07. The summed E-state index contributed by atoms with van der Waals surface area (Å²) in [6.45, 7) is 1.54. The normalized spacial score (nSPS) is 11.8. The molecule has 0 fully saturated rings. The summed E-state index contributed by atoms with van der Waals surface area (Å²) in [5, 5.41) is 4.73. The van der Waals surface area contributed by atoms with E-state index in [2.05, 4.69) is 0 Å². The molecule has 1 unspecified atom stereocenters. The number of esters is 1. The zero-order valence-corrected chi connectivity index (χ0v) is 19.3. The molecule has 0 N–H and O–H groups in total. The molecule has 33 heavy (non-hydrogen) atoms. The Labute approximate surface area is 193 Å². The minimum Gasteiger partial charge on any atom is -0.493 e. The fourth-order valence-electron chi connectivity index (χ4n) is 3.22. The molecule has 8 nitrogen and oxygen atoms in total. The first-order valence-electron chi connectivity index (χ1n) is 10.3. The van der Waals surface area contributed by atoms with E-state index < -0.39 is 12.1 Å². The quantitative estimate of drug-likeness (QED) is 0.386. The Balaban J connectivity index is 1.96. The van der Waals surface area contributed by atoms with Crippen molar-refractivity contribution in [1.82, 2.24) is 14.7 Å². The number of rotatable bonds is 8. The van der Waals surface area contributed by atoms with Crippen molar-refractivity contribution in [2.75, 3.05) is 28.3 Å². The number of hydrogen-bond donors (Lipinski definition) is 0. The smallest absolute Gasteiger partial charge is 0.331 e. The highest BCUT2D eigenvalue weighted by atomic mass is 16.5. The van der Waals surface area contributed by atoms with Crippen LogP contribution >= 0.6 is 0 Å². The van der Waals surface area contributed by atoms with Gasteiger partial charge in [-0.15, -0.1) is 0 Å². The molecule has 3 rings (SSSR count). The SMILES string of the molecule is COc1ccc(-c2nn(-c3ccccc3)cc2/C=C/C(=O)OC(C)C(=O)N(C)C)cc1OC. The average molecular weight is 450 g/mol. The van der Waals surface area contributed by atoms with Gasteiger partial charge in [0.25, 0.3) is 5.91 Å². The van der Waals surface area contributed by atoms with Crippen LogP contribution in [0.2, 0.25) is 0 Å². The molecule has 1 amide bonds. The molecule has 0 saturated heterocycles. The van der Waals surface area contributed by atoms with E-state index in [0.29, 0.717) is 22.8 Å². The first kappa shape index (κ1) is 23.6. The van der Waals surface area contributed by atoms with Crippen molar-refractivity contribution >= 4 is 18.0 Å². The largest absolute Gasteiger partial charge is 0.493 e. The molecule has 0 aliphatic rings. The number of benzene rings is 2. The molecule has 0 aliphatic carbocycles. The van der Waals surface area contributed by atoms with Crippen molar-refractivity contribution in [2.45, 2.75) is 13.0 Å². The van der Waals surface area contributed by atoms with Crippen molar-refractivity contribution in [2.24, 2.45) is 0 Å². The summed E-state index contributed by atoms with van der Waals surface area (Å²) in [5.41, 5.74) is 2.98. The zero-order chi connectivity index (χ0) is 24.0. The molecule has 0 spiro atoms. The van der Waals surface area contributed by atoms with Gasteiger partial charge >= 0.3 is 5.97 Å². The summed E-state index contributed by atoms with van der Waals surface area (Å²) in [7, 11) is 6.35. The molecule has 2 aromatic carbocycles. The van der Waals surface area contributed by atoms with Crippen LogP contribution in [-0.2, 0) is 14.3 Å². The molecule has 1 aromatic heterocycles. The van der Waals surface area contributed by atoms with E-state index in [4.69, 9.17) is 19.3 Å². The van der Waals surface area contributed by atoms with E-state index in [1.807, 2.05) is 48.7 Å². The molecule has 3 aromatic rings. The summed E-state index contributed by atoms with van der Waals surface area (Å²) < 4.78 is 17.7. The highest BCUT2D eigenvalue weighted by Gasteiger charge is 2.19. The van der Waals surface area contributed by atoms with Gasteiger partial charge < -0.3 is 19.1 Å². The molecule has 1 atom stereocenters. The van der Waals surface area contributed by atoms with Crippen LogP contribution in [0.15, 0.2) is 60.8 Å². The third-order valence-electron chi connectivity index (χ3n) is 4.90. The van der Waals surface area contributed by atoms with Gasteiger partial charge in [-0.1, -0.05) is 18.2 Å². The van der Waals surface area contributed by atoms with Crippen LogP contribution in [0.25, 0.3) is 23.0 Å². The van der Waals surface area contributed by atoms with E-state index in [1.54, 1.807) is 45.1 Å². The number of methoxy groups -OCH3 is 2. The van der Waals surface area contributed by atoms with Gasteiger partial charge in [-0.25, -0.2) is 9.48 Å². The van der Waals surface area contributed by atoms with Crippen LogP contribution in [-0.4, -0.2) is 61.0 Å². The number of carbonyl (C=O) groups excluding carboxylic acids is 2. The predicted molar refractivity (Wildman–Crippen MR) is 125 cm³/mol. The van der Waals surface area contributed by atoms with Crippen LogP contribution in [0.5, 0.6) is 11.5 Å². The Morgan fingerprint density at radius 2 is 1.73 bits per heavy atom. The van der Waals surface area contributed by atoms with Crippen molar-refractivity contribution in [3.8, 4) is 28.4 Å². The Morgan fingerprint density at radius 3 is 2.36 bits per heavy atom. The van der Waals surface area contributed by atoms with Crippen LogP contribution in [0.1, 0.15) is 12.5 Å². The average Bonchev–Trinajstić information content (AvgIpc) is 3.26. The molecule has 0 radical (unpaired) electrons. The molecule has 0 aliphatic heterocycles.